The molecule has 1 aromatic rings. The predicted molar refractivity (Wildman–Crippen MR) is 54.0 cm³/mol. The van der Waals surface area contributed by atoms with Gasteiger partial charge in [0.15, 0.2) is 0 Å². The highest BCUT2D eigenvalue weighted by Crippen LogP contribution is 2.20. The molecule has 1 aromatic heterocycles. The van der Waals surface area contributed by atoms with E-state index in [1.165, 1.54) is 0 Å². The van der Waals surface area contributed by atoms with Crippen molar-refractivity contribution in [3.63, 3.8) is 0 Å². The Hall–Kier alpha value is -1.50. The maximum Gasteiger partial charge on any atom is 0.252 e. The molecule has 1 amide bonds. The molecule has 0 bridgehead atoms. The standard InChI is InChI=1S/C9H13N5O/c10-12-9(15)8-4-7(13-14-8)6-2-1-3-11-5-6/h1-3,5,7-8,13-14H,4,10H2,(H,12,15). The topological polar surface area (TPSA) is 92.1 Å². The lowest BCUT2D eigenvalue weighted by molar-refractivity contribution is -0.122. The van der Waals surface area contributed by atoms with Crippen LogP contribution in [0.2, 0.25) is 0 Å². The molecule has 80 valence electrons. The van der Waals surface area contributed by atoms with Gasteiger partial charge in [-0.25, -0.2) is 16.7 Å². The van der Waals surface area contributed by atoms with Gasteiger partial charge in [-0.05, 0) is 18.1 Å². The summed E-state index contributed by atoms with van der Waals surface area (Å²) in [7, 11) is 0. The number of hydrogen-bond donors (Lipinski definition) is 4. The van der Waals surface area contributed by atoms with E-state index in [9.17, 15) is 4.79 Å². The monoisotopic (exact) mass is 207 g/mol. The minimum atomic E-state index is -0.291. The number of aromatic nitrogens is 1. The second kappa shape index (κ2) is 4.35. The first-order chi connectivity index (χ1) is 7.31. The Labute approximate surface area is 87.2 Å². The fourth-order valence-electron chi connectivity index (χ4n) is 1.63. The number of nitrogens with zero attached hydrogens (tertiary/aromatic N) is 1. The molecule has 0 aromatic carbocycles. The molecular formula is C9H13N5O. The summed E-state index contributed by atoms with van der Waals surface area (Å²) < 4.78 is 0. The summed E-state index contributed by atoms with van der Waals surface area (Å²) in [6.07, 6.45) is 4.16. The van der Waals surface area contributed by atoms with Crippen LogP contribution >= 0.6 is 0 Å². The molecule has 2 rings (SSSR count). The third-order valence-electron chi connectivity index (χ3n) is 2.45. The van der Waals surface area contributed by atoms with Crippen LogP contribution in [0.25, 0.3) is 0 Å². The highest BCUT2D eigenvalue weighted by molar-refractivity contribution is 5.81. The van der Waals surface area contributed by atoms with Crippen molar-refractivity contribution in [1.29, 1.82) is 0 Å². The SMILES string of the molecule is NNC(=O)C1CC(c2cccnc2)NN1. The van der Waals surface area contributed by atoms with Gasteiger partial charge in [-0.2, -0.15) is 0 Å². The van der Waals surface area contributed by atoms with E-state index >= 15 is 0 Å². The molecule has 0 radical (unpaired) electrons. The van der Waals surface area contributed by atoms with E-state index in [4.69, 9.17) is 5.84 Å². The van der Waals surface area contributed by atoms with Gasteiger partial charge in [0, 0.05) is 18.4 Å². The number of carbonyl (C=O) groups excluding carboxylic acids is 1. The van der Waals surface area contributed by atoms with Crippen LogP contribution < -0.4 is 22.1 Å². The molecule has 2 unspecified atom stereocenters. The smallest absolute Gasteiger partial charge is 0.252 e. The summed E-state index contributed by atoms with van der Waals surface area (Å²) in [6.45, 7) is 0. The molecule has 0 spiro atoms. The molecule has 2 atom stereocenters. The molecule has 6 heteroatoms. The third-order valence-corrected chi connectivity index (χ3v) is 2.45. The van der Waals surface area contributed by atoms with Crippen molar-refractivity contribution in [2.45, 2.75) is 18.5 Å². The maximum absolute atomic E-state index is 11.2. The zero-order chi connectivity index (χ0) is 10.7. The lowest BCUT2D eigenvalue weighted by Crippen LogP contribution is -2.45. The van der Waals surface area contributed by atoms with Gasteiger partial charge in [0.1, 0.15) is 6.04 Å². The summed E-state index contributed by atoms with van der Waals surface area (Å²) in [5.41, 5.74) is 9.09. The Kier molecular flexibility index (Phi) is 2.91. The van der Waals surface area contributed by atoms with E-state index in [2.05, 4.69) is 21.3 Å². The number of pyridine rings is 1. The van der Waals surface area contributed by atoms with Crippen LogP contribution in [0.3, 0.4) is 0 Å². The first-order valence-corrected chi connectivity index (χ1v) is 4.72. The second-order valence-corrected chi connectivity index (χ2v) is 3.42. The van der Waals surface area contributed by atoms with Crippen molar-refractivity contribution < 1.29 is 4.79 Å². The average Bonchev–Trinajstić information content (AvgIpc) is 2.78. The van der Waals surface area contributed by atoms with E-state index in [1.807, 2.05) is 12.1 Å². The largest absolute Gasteiger partial charge is 0.293 e. The van der Waals surface area contributed by atoms with Gasteiger partial charge >= 0.3 is 0 Å². The van der Waals surface area contributed by atoms with Gasteiger partial charge in [-0.1, -0.05) is 6.07 Å². The number of hydrazine groups is 2. The fourth-order valence-corrected chi connectivity index (χ4v) is 1.63. The van der Waals surface area contributed by atoms with Gasteiger partial charge < -0.3 is 0 Å². The summed E-state index contributed by atoms with van der Waals surface area (Å²) in [5, 5.41) is 0. The van der Waals surface area contributed by atoms with Crippen molar-refractivity contribution in [3.05, 3.63) is 30.1 Å². The Morgan fingerprint density at radius 1 is 1.60 bits per heavy atom. The summed E-state index contributed by atoms with van der Waals surface area (Å²) in [6, 6.07) is 3.64. The van der Waals surface area contributed by atoms with Crippen molar-refractivity contribution in [2.75, 3.05) is 0 Å². The molecule has 1 aliphatic heterocycles. The molecule has 1 fully saturated rings. The summed E-state index contributed by atoms with van der Waals surface area (Å²) in [4.78, 5) is 15.3. The van der Waals surface area contributed by atoms with Gasteiger partial charge in [-0.3, -0.25) is 15.2 Å². The number of nitrogens with one attached hydrogen (secondary N) is 3. The van der Waals surface area contributed by atoms with Crippen LogP contribution in [0.5, 0.6) is 0 Å². The number of hydrogen-bond acceptors (Lipinski definition) is 5. The van der Waals surface area contributed by atoms with Crippen LogP contribution in [0.4, 0.5) is 0 Å². The summed E-state index contributed by atoms with van der Waals surface area (Å²) in [5.74, 6) is 4.84. The lowest BCUT2D eigenvalue weighted by Gasteiger charge is -2.07. The third kappa shape index (κ3) is 2.12. The van der Waals surface area contributed by atoms with E-state index < -0.39 is 0 Å². The quantitative estimate of drug-likeness (QED) is 0.283. The zero-order valence-corrected chi connectivity index (χ0v) is 8.10. The van der Waals surface area contributed by atoms with Crippen LogP contribution in [-0.4, -0.2) is 16.9 Å². The number of nitrogens with two attached hydrogens (primary N) is 1. The fraction of sp³-hybridized carbons (Fsp3) is 0.333. The van der Waals surface area contributed by atoms with Gasteiger partial charge in [0.05, 0.1) is 0 Å². The van der Waals surface area contributed by atoms with Crippen molar-refractivity contribution in [2.24, 2.45) is 5.84 Å². The zero-order valence-electron chi connectivity index (χ0n) is 8.10. The maximum atomic E-state index is 11.2. The summed E-state index contributed by atoms with van der Waals surface area (Å²) >= 11 is 0. The normalized spacial score (nSPS) is 25.1. The van der Waals surface area contributed by atoms with E-state index in [1.54, 1.807) is 12.4 Å². The Morgan fingerprint density at radius 2 is 2.47 bits per heavy atom. The molecule has 5 N–H and O–H groups in total. The highest BCUT2D eigenvalue weighted by atomic mass is 16.2. The van der Waals surface area contributed by atoms with E-state index in [-0.39, 0.29) is 18.0 Å². The molecule has 6 nitrogen and oxygen atoms in total. The molecule has 1 saturated heterocycles. The number of carbonyl (C=O) groups is 1. The van der Waals surface area contributed by atoms with Crippen LogP contribution in [0, 0.1) is 0 Å². The first-order valence-electron chi connectivity index (χ1n) is 4.72. The van der Waals surface area contributed by atoms with Gasteiger partial charge in [0.25, 0.3) is 5.91 Å². The minimum Gasteiger partial charge on any atom is -0.293 e. The lowest BCUT2D eigenvalue weighted by atomic mass is 10.0. The molecule has 15 heavy (non-hydrogen) atoms. The predicted octanol–water partition coefficient (Wildman–Crippen LogP) is -1.02. The Balaban J connectivity index is 2.02. The van der Waals surface area contributed by atoms with Crippen LogP contribution in [0.1, 0.15) is 18.0 Å². The van der Waals surface area contributed by atoms with Crippen LogP contribution in [-0.2, 0) is 4.79 Å². The molecule has 0 aliphatic carbocycles. The van der Waals surface area contributed by atoms with Gasteiger partial charge in [0.2, 0.25) is 0 Å². The molecule has 2 heterocycles. The Bertz CT molecular complexity index is 342. The Morgan fingerprint density at radius 3 is 3.13 bits per heavy atom. The van der Waals surface area contributed by atoms with Crippen molar-refractivity contribution in [3.8, 4) is 0 Å². The highest BCUT2D eigenvalue weighted by Gasteiger charge is 2.29. The minimum absolute atomic E-state index is 0.0981. The first kappa shape index (κ1) is 10.0. The van der Waals surface area contributed by atoms with E-state index in [0.717, 1.165) is 5.56 Å². The second-order valence-electron chi connectivity index (χ2n) is 3.42. The average molecular weight is 207 g/mol. The number of rotatable bonds is 2. The van der Waals surface area contributed by atoms with Crippen LogP contribution in [0.15, 0.2) is 24.5 Å². The van der Waals surface area contributed by atoms with E-state index in [0.29, 0.717) is 6.42 Å². The number of amides is 1. The molecule has 1 aliphatic rings. The van der Waals surface area contributed by atoms with Crippen molar-refractivity contribution in [1.82, 2.24) is 21.3 Å². The molecular weight excluding hydrogens is 194 g/mol. The van der Waals surface area contributed by atoms with Gasteiger partial charge in [-0.15, -0.1) is 0 Å². The molecule has 0 saturated carbocycles. The van der Waals surface area contributed by atoms with Crippen molar-refractivity contribution >= 4 is 5.91 Å².